The number of ether oxygens (including phenoxy) is 1. The normalized spacial score (nSPS) is 20.2. The van der Waals surface area contributed by atoms with Crippen LogP contribution in [0, 0.1) is 11.3 Å². The van der Waals surface area contributed by atoms with Gasteiger partial charge in [-0.25, -0.2) is 0 Å². The monoisotopic (exact) mass is 301 g/mol. The second-order valence-electron chi connectivity index (χ2n) is 5.48. The maximum absolute atomic E-state index is 12.3. The van der Waals surface area contributed by atoms with E-state index in [0.717, 1.165) is 11.1 Å². The Morgan fingerprint density at radius 3 is 2.39 bits per heavy atom. The third-order valence-corrected chi connectivity index (χ3v) is 3.87. The third-order valence-electron chi connectivity index (χ3n) is 3.87. The highest BCUT2D eigenvalue weighted by atomic mass is 16.5. The zero-order valence-electron chi connectivity index (χ0n) is 12.7. The number of nitriles is 1. The molecular weight excluding hydrogens is 286 g/mol. The smallest absolute Gasteiger partial charge is 0.207 e. The Bertz CT molecular complexity index is 826. The predicted molar refractivity (Wildman–Crippen MR) is 88.2 cm³/mol. The van der Waals surface area contributed by atoms with E-state index in [-0.39, 0.29) is 5.78 Å². The molecule has 23 heavy (non-hydrogen) atoms. The van der Waals surface area contributed by atoms with Crippen LogP contribution in [0.5, 0.6) is 0 Å². The molecule has 0 aromatic heterocycles. The van der Waals surface area contributed by atoms with Crippen molar-refractivity contribution >= 4 is 11.9 Å². The number of carbonyl (C=O) groups excluding carboxylic acids is 1. The van der Waals surface area contributed by atoms with Crippen LogP contribution >= 0.6 is 0 Å². The van der Waals surface area contributed by atoms with Crippen molar-refractivity contribution in [3.63, 3.8) is 0 Å². The molecule has 0 saturated heterocycles. The van der Waals surface area contributed by atoms with Gasteiger partial charge in [0.15, 0.2) is 5.60 Å². The molecule has 1 aliphatic heterocycles. The van der Waals surface area contributed by atoms with Gasteiger partial charge in [-0.15, -0.1) is 0 Å². The average Bonchev–Trinajstić information content (AvgIpc) is 2.90. The fraction of sp³-hybridized carbons (Fsp3) is 0.100. The number of allylic oxidation sites excluding steroid dienone is 1. The molecule has 3 nitrogen and oxygen atoms in total. The van der Waals surface area contributed by atoms with Gasteiger partial charge in [0, 0.05) is 11.6 Å². The third kappa shape index (κ3) is 2.93. The van der Waals surface area contributed by atoms with E-state index < -0.39 is 5.60 Å². The highest BCUT2D eigenvalue weighted by Gasteiger charge is 2.40. The molecule has 1 unspecified atom stereocenters. The van der Waals surface area contributed by atoms with Crippen molar-refractivity contribution < 1.29 is 9.53 Å². The summed E-state index contributed by atoms with van der Waals surface area (Å²) in [6.07, 6.45) is 5.15. The highest BCUT2D eigenvalue weighted by Crippen LogP contribution is 2.35. The summed E-state index contributed by atoms with van der Waals surface area (Å²) in [5, 5.41) is 8.79. The first-order valence-corrected chi connectivity index (χ1v) is 7.31. The fourth-order valence-corrected chi connectivity index (χ4v) is 2.47. The van der Waals surface area contributed by atoms with Gasteiger partial charge in [0.05, 0.1) is 11.6 Å². The Hall–Kier alpha value is -3.12. The van der Waals surface area contributed by atoms with Gasteiger partial charge in [-0.3, -0.25) is 4.79 Å². The van der Waals surface area contributed by atoms with Crippen molar-refractivity contribution in [2.24, 2.45) is 0 Å². The van der Waals surface area contributed by atoms with Crippen LogP contribution in [0.25, 0.3) is 6.08 Å². The molecule has 3 heteroatoms. The van der Waals surface area contributed by atoms with Crippen LogP contribution in [0.15, 0.2) is 72.5 Å². The highest BCUT2D eigenvalue weighted by molar-refractivity contribution is 6.00. The minimum atomic E-state index is -0.967. The van der Waals surface area contributed by atoms with Gasteiger partial charge < -0.3 is 4.74 Å². The predicted octanol–water partition coefficient (Wildman–Crippen LogP) is 3.97. The van der Waals surface area contributed by atoms with Crippen LogP contribution < -0.4 is 0 Å². The molecule has 112 valence electrons. The quantitative estimate of drug-likeness (QED) is 0.862. The van der Waals surface area contributed by atoms with E-state index in [1.807, 2.05) is 48.5 Å². The van der Waals surface area contributed by atoms with Gasteiger partial charge in [0.2, 0.25) is 5.78 Å². The van der Waals surface area contributed by atoms with Crippen molar-refractivity contribution in [3.8, 4) is 6.07 Å². The zero-order valence-corrected chi connectivity index (χ0v) is 12.7. The Morgan fingerprint density at radius 2 is 1.74 bits per heavy atom. The molecule has 2 aromatic rings. The molecule has 0 radical (unpaired) electrons. The van der Waals surface area contributed by atoms with Crippen molar-refractivity contribution in [1.29, 1.82) is 5.26 Å². The minimum Gasteiger partial charge on any atom is -0.475 e. The SMILES string of the molecule is CC1(c2ccccc2)OC(/C=C/c2ccc(C#N)cc2)=CC1=O. The number of ketones is 1. The molecule has 1 aliphatic rings. The van der Waals surface area contributed by atoms with Gasteiger partial charge >= 0.3 is 0 Å². The largest absolute Gasteiger partial charge is 0.475 e. The van der Waals surface area contributed by atoms with Gasteiger partial charge in [-0.05, 0) is 30.7 Å². The lowest BCUT2D eigenvalue weighted by Crippen LogP contribution is -2.29. The number of benzene rings is 2. The van der Waals surface area contributed by atoms with E-state index in [0.29, 0.717) is 11.3 Å². The molecular formula is C20H15NO2. The van der Waals surface area contributed by atoms with E-state index in [1.54, 1.807) is 25.1 Å². The van der Waals surface area contributed by atoms with Gasteiger partial charge in [0.1, 0.15) is 5.76 Å². The standard InChI is InChI=1S/C20H15NO2/c1-20(17-5-3-2-4-6-17)19(22)13-18(23-20)12-11-15-7-9-16(14-21)10-8-15/h2-13H,1H3/b12-11+. The Labute approximate surface area is 135 Å². The van der Waals surface area contributed by atoms with Gasteiger partial charge in [-0.1, -0.05) is 48.5 Å². The number of hydrogen-bond acceptors (Lipinski definition) is 3. The van der Waals surface area contributed by atoms with Gasteiger partial charge in [0.25, 0.3) is 0 Å². The summed E-state index contributed by atoms with van der Waals surface area (Å²) in [6.45, 7) is 1.78. The van der Waals surface area contributed by atoms with Crippen LogP contribution in [0.4, 0.5) is 0 Å². The number of rotatable bonds is 3. The fourth-order valence-electron chi connectivity index (χ4n) is 2.47. The van der Waals surface area contributed by atoms with Crippen molar-refractivity contribution in [1.82, 2.24) is 0 Å². The van der Waals surface area contributed by atoms with E-state index in [1.165, 1.54) is 6.08 Å². The summed E-state index contributed by atoms with van der Waals surface area (Å²) in [6, 6.07) is 18.8. The van der Waals surface area contributed by atoms with Crippen LogP contribution in [-0.4, -0.2) is 5.78 Å². The lowest BCUT2D eigenvalue weighted by atomic mass is 9.92. The first-order valence-electron chi connectivity index (χ1n) is 7.31. The van der Waals surface area contributed by atoms with Crippen molar-refractivity contribution in [2.45, 2.75) is 12.5 Å². The van der Waals surface area contributed by atoms with Crippen LogP contribution in [-0.2, 0) is 15.1 Å². The second kappa shape index (κ2) is 5.94. The minimum absolute atomic E-state index is 0.0665. The first-order chi connectivity index (χ1) is 11.1. The lowest BCUT2D eigenvalue weighted by Gasteiger charge is -2.23. The second-order valence-corrected chi connectivity index (χ2v) is 5.48. The molecule has 0 amide bonds. The van der Waals surface area contributed by atoms with Crippen molar-refractivity contribution in [2.75, 3.05) is 0 Å². The first kappa shape index (κ1) is 14.8. The summed E-state index contributed by atoms with van der Waals surface area (Å²) in [5.41, 5.74) is 1.42. The molecule has 3 rings (SSSR count). The molecule has 0 saturated carbocycles. The van der Waals surface area contributed by atoms with Crippen LogP contribution in [0.2, 0.25) is 0 Å². The van der Waals surface area contributed by atoms with Gasteiger partial charge in [-0.2, -0.15) is 5.26 Å². The summed E-state index contributed by atoms with van der Waals surface area (Å²) in [7, 11) is 0. The Balaban J connectivity index is 1.78. The summed E-state index contributed by atoms with van der Waals surface area (Å²) in [4.78, 5) is 12.3. The Morgan fingerprint density at radius 1 is 1.04 bits per heavy atom. The van der Waals surface area contributed by atoms with Crippen LogP contribution in [0.1, 0.15) is 23.6 Å². The van der Waals surface area contributed by atoms with E-state index >= 15 is 0 Å². The summed E-state index contributed by atoms with van der Waals surface area (Å²) >= 11 is 0. The van der Waals surface area contributed by atoms with E-state index in [4.69, 9.17) is 10.00 Å². The summed E-state index contributed by atoms with van der Waals surface area (Å²) < 4.78 is 5.89. The van der Waals surface area contributed by atoms with E-state index in [2.05, 4.69) is 6.07 Å². The lowest BCUT2D eigenvalue weighted by molar-refractivity contribution is -0.129. The molecule has 0 fully saturated rings. The number of carbonyl (C=O) groups is 1. The van der Waals surface area contributed by atoms with Crippen molar-refractivity contribution in [3.05, 3.63) is 89.2 Å². The molecule has 0 spiro atoms. The molecule has 1 heterocycles. The average molecular weight is 301 g/mol. The maximum Gasteiger partial charge on any atom is 0.207 e. The Kier molecular flexibility index (Phi) is 3.82. The van der Waals surface area contributed by atoms with E-state index in [9.17, 15) is 4.79 Å². The molecule has 2 aromatic carbocycles. The number of hydrogen-bond donors (Lipinski definition) is 0. The number of nitrogens with zero attached hydrogens (tertiary/aromatic N) is 1. The summed E-state index contributed by atoms with van der Waals surface area (Å²) in [5.74, 6) is 0.467. The molecule has 1 atom stereocenters. The zero-order chi connectivity index (χ0) is 16.3. The molecule has 0 aliphatic carbocycles. The van der Waals surface area contributed by atoms with Crippen LogP contribution in [0.3, 0.4) is 0 Å². The maximum atomic E-state index is 12.3. The molecule has 0 bridgehead atoms. The topological polar surface area (TPSA) is 50.1 Å². The molecule has 0 N–H and O–H groups in total.